The third kappa shape index (κ3) is 4.17. The molecule has 0 N–H and O–H groups in total. The molecule has 4 rings (SSSR count). The fraction of sp³-hybridized carbons (Fsp3) is 0.346. The topological polar surface area (TPSA) is 72.6 Å². The minimum absolute atomic E-state index is 0.178. The maximum absolute atomic E-state index is 12.7. The Bertz CT molecular complexity index is 1240. The van der Waals surface area contributed by atoms with Crippen LogP contribution in [0.25, 0.3) is 27.7 Å². The fourth-order valence-electron chi connectivity index (χ4n) is 4.45. The minimum atomic E-state index is -0.375. The molecule has 3 heterocycles. The highest BCUT2D eigenvalue weighted by Gasteiger charge is 2.31. The highest BCUT2D eigenvalue weighted by atomic mass is 16.5. The first-order chi connectivity index (χ1) is 15.3. The van der Waals surface area contributed by atoms with Crippen LogP contribution >= 0.6 is 0 Å². The summed E-state index contributed by atoms with van der Waals surface area (Å²) in [5, 5.41) is 0.870. The number of allylic oxidation sites excluding steroid dienone is 1. The van der Waals surface area contributed by atoms with Crippen LogP contribution in [0.3, 0.4) is 0 Å². The number of esters is 1. The van der Waals surface area contributed by atoms with E-state index in [2.05, 4.69) is 42.8 Å². The van der Waals surface area contributed by atoms with Crippen molar-refractivity contribution in [2.45, 2.75) is 46.1 Å². The van der Waals surface area contributed by atoms with Crippen LogP contribution in [0.5, 0.6) is 0 Å². The second-order valence-electron chi connectivity index (χ2n) is 8.63. The molecule has 0 aliphatic carbocycles. The van der Waals surface area contributed by atoms with Crippen molar-refractivity contribution in [1.82, 2.24) is 4.98 Å². The van der Waals surface area contributed by atoms with Gasteiger partial charge in [-0.1, -0.05) is 6.08 Å². The van der Waals surface area contributed by atoms with Gasteiger partial charge >= 0.3 is 11.6 Å². The number of carbonyl (C=O) groups excluding carboxylic acids is 1. The number of pyridine rings is 1. The lowest BCUT2D eigenvalue weighted by molar-refractivity contribution is -0.143. The molecule has 0 radical (unpaired) electrons. The molecule has 6 nitrogen and oxygen atoms in total. The summed E-state index contributed by atoms with van der Waals surface area (Å²) < 4.78 is 10.8. The van der Waals surface area contributed by atoms with E-state index < -0.39 is 0 Å². The van der Waals surface area contributed by atoms with Crippen molar-refractivity contribution < 1.29 is 13.9 Å². The molecule has 0 fully saturated rings. The lowest BCUT2D eigenvalue weighted by atomic mass is 9.87. The van der Waals surface area contributed by atoms with Crippen molar-refractivity contribution in [2.24, 2.45) is 0 Å². The Labute approximate surface area is 187 Å². The minimum Gasteiger partial charge on any atom is -0.466 e. The monoisotopic (exact) mass is 432 g/mol. The SMILES string of the molecule is CCOC(=O)CCCN1c2cc3oc(=O)c(-c4ccncc4)cc3cc2C(C)=CC1(C)C. The molecule has 166 valence electrons. The van der Waals surface area contributed by atoms with Crippen molar-refractivity contribution in [3.05, 3.63) is 64.8 Å². The number of carbonyl (C=O) groups is 1. The van der Waals surface area contributed by atoms with E-state index in [1.165, 1.54) is 5.57 Å². The normalized spacial score (nSPS) is 14.8. The highest BCUT2D eigenvalue weighted by molar-refractivity contribution is 5.93. The molecule has 6 heteroatoms. The number of anilines is 1. The first kappa shape index (κ1) is 21.8. The van der Waals surface area contributed by atoms with Crippen LogP contribution in [0.4, 0.5) is 5.69 Å². The van der Waals surface area contributed by atoms with Crippen LogP contribution in [0.2, 0.25) is 0 Å². The zero-order chi connectivity index (χ0) is 22.9. The van der Waals surface area contributed by atoms with E-state index in [0.717, 1.165) is 22.2 Å². The molecule has 0 saturated heterocycles. The Hall–Kier alpha value is -3.41. The number of nitrogens with zero attached hydrogens (tertiary/aromatic N) is 2. The Morgan fingerprint density at radius 1 is 1.16 bits per heavy atom. The summed E-state index contributed by atoms with van der Waals surface area (Å²) in [6.45, 7) is 9.30. The van der Waals surface area contributed by atoms with Crippen LogP contribution in [0, 0.1) is 0 Å². The summed E-state index contributed by atoms with van der Waals surface area (Å²) in [6, 6.07) is 9.52. The number of rotatable bonds is 6. The molecule has 3 aromatic rings. The number of hydrogen-bond donors (Lipinski definition) is 0. The molecule has 0 amide bonds. The van der Waals surface area contributed by atoms with Crippen molar-refractivity contribution in [1.29, 1.82) is 0 Å². The second kappa shape index (κ2) is 8.61. The number of fused-ring (bicyclic) bond motifs is 2. The van der Waals surface area contributed by atoms with Crippen molar-refractivity contribution in [2.75, 3.05) is 18.1 Å². The first-order valence-corrected chi connectivity index (χ1v) is 11.0. The summed E-state index contributed by atoms with van der Waals surface area (Å²) in [4.78, 5) is 30.8. The molecule has 2 aromatic heterocycles. The van der Waals surface area contributed by atoms with E-state index >= 15 is 0 Å². The van der Waals surface area contributed by atoms with Gasteiger partial charge in [0.25, 0.3) is 0 Å². The molecule has 0 saturated carbocycles. The van der Waals surface area contributed by atoms with Crippen LogP contribution < -0.4 is 10.5 Å². The predicted octanol–water partition coefficient (Wildman–Crippen LogP) is 5.20. The van der Waals surface area contributed by atoms with Gasteiger partial charge in [0.1, 0.15) is 5.58 Å². The zero-order valence-corrected chi connectivity index (χ0v) is 19.0. The molecule has 1 aromatic carbocycles. The quantitative estimate of drug-likeness (QED) is 0.394. The largest absolute Gasteiger partial charge is 0.466 e. The summed E-state index contributed by atoms with van der Waals surface area (Å²) in [7, 11) is 0. The zero-order valence-electron chi connectivity index (χ0n) is 19.0. The predicted molar refractivity (Wildman–Crippen MR) is 127 cm³/mol. The second-order valence-corrected chi connectivity index (χ2v) is 8.63. The van der Waals surface area contributed by atoms with E-state index in [9.17, 15) is 9.59 Å². The lowest BCUT2D eigenvalue weighted by Crippen LogP contribution is -2.45. The number of benzene rings is 1. The van der Waals surface area contributed by atoms with Crippen LogP contribution in [-0.2, 0) is 9.53 Å². The smallest absolute Gasteiger partial charge is 0.344 e. The third-order valence-corrected chi connectivity index (χ3v) is 5.89. The van der Waals surface area contributed by atoms with Crippen molar-refractivity contribution in [3.63, 3.8) is 0 Å². The van der Waals surface area contributed by atoms with Gasteiger partial charge in [-0.3, -0.25) is 9.78 Å². The molecular formula is C26H28N2O4. The lowest BCUT2D eigenvalue weighted by Gasteiger charge is -2.43. The summed E-state index contributed by atoms with van der Waals surface area (Å²) in [6.07, 6.45) is 6.62. The average molecular weight is 433 g/mol. The van der Waals surface area contributed by atoms with E-state index in [1.807, 2.05) is 19.1 Å². The van der Waals surface area contributed by atoms with Gasteiger partial charge in [-0.05, 0) is 69.5 Å². The number of hydrogen-bond acceptors (Lipinski definition) is 6. The summed E-state index contributed by atoms with van der Waals surface area (Å²) in [5.74, 6) is -0.178. The molecule has 1 aliphatic rings. The maximum Gasteiger partial charge on any atom is 0.344 e. The van der Waals surface area contributed by atoms with Crippen LogP contribution in [-0.4, -0.2) is 29.6 Å². The third-order valence-electron chi connectivity index (χ3n) is 5.89. The van der Waals surface area contributed by atoms with Crippen molar-refractivity contribution in [3.8, 4) is 11.1 Å². The van der Waals surface area contributed by atoms with Gasteiger partial charge in [0, 0.05) is 48.1 Å². The molecule has 0 bridgehead atoms. The Morgan fingerprint density at radius 3 is 2.59 bits per heavy atom. The maximum atomic E-state index is 12.7. The standard InChI is InChI=1S/C26H28N2O4/c1-5-31-24(29)7-6-12-28-22-15-23-19(13-20(22)17(2)16-26(28,3)4)14-21(25(30)32-23)18-8-10-27-11-9-18/h8-11,13-16H,5-7,12H2,1-4H3. The Kier molecular flexibility index (Phi) is 5.87. The van der Waals surface area contributed by atoms with Gasteiger partial charge in [0.05, 0.1) is 17.7 Å². The van der Waals surface area contributed by atoms with Gasteiger partial charge in [-0.2, -0.15) is 0 Å². The van der Waals surface area contributed by atoms with Crippen LogP contribution in [0.15, 0.2) is 58.0 Å². The van der Waals surface area contributed by atoms with Gasteiger partial charge in [0.15, 0.2) is 0 Å². The van der Waals surface area contributed by atoms with E-state index in [1.54, 1.807) is 24.5 Å². The van der Waals surface area contributed by atoms with Crippen LogP contribution in [0.1, 0.15) is 46.1 Å². The first-order valence-electron chi connectivity index (χ1n) is 11.0. The van der Waals surface area contributed by atoms with E-state index in [0.29, 0.717) is 37.1 Å². The summed E-state index contributed by atoms with van der Waals surface area (Å²) >= 11 is 0. The highest BCUT2D eigenvalue weighted by Crippen LogP contribution is 2.41. The average Bonchev–Trinajstić information content (AvgIpc) is 2.75. The molecule has 1 aliphatic heterocycles. The number of ether oxygens (including phenoxy) is 1. The van der Waals surface area contributed by atoms with E-state index in [-0.39, 0.29) is 17.1 Å². The number of aromatic nitrogens is 1. The van der Waals surface area contributed by atoms with Gasteiger partial charge < -0.3 is 14.1 Å². The molecule has 0 unspecified atom stereocenters. The van der Waals surface area contributed by atoms with Crippen molar-refractivity contribution >= 4 is 28.2 Å². The Balaban J connectivity index is 1.75. The molecule has 0 atom stereocenters. The van der Waals surface area contributed by atoms with Gasteiger partial charge in [-0.25, -0.2) is 4.79 Å². The van der Waals surface area contributed by atoms with E-state index in [4.69, 9.17) is 9.15 Å². The molecule has 32 heavy (non-hydrogen) atoms. The molecular weight excluding hydrogens is 404 g/mol. The Morgan fingerprint density at radius 2 is 1.88 bits per heavy atom. The molecule has 0 spiro atoms. The van der Waals surface area contributed by atoms with Gasteiger partial charge in [0.2, 0.25) is 0 Å². The summed E-state index contributed by atoms with van der Waals surface area (Å²) in [5.41, 5.74) is 4.51. The fourth-order valence-corrected chi connectivity index (χ4v) is 4.45. The van der Waals surface area contributed by atoms with Gasteiger partial charge in [-0.15, -0.1) is 0 Å².